The van der Waals surface area contributed by atoms with Crippen molar-refractivity contribution in [2.45, 2.75) is 27.7 Å². The first-order chi connectivity index (χ1) is 11.8. The number of carbonyl (C=O) groups excluding carboxylic acids is 1. The molecule has 0 radical (unpaired) electrons. The summed E-state index contributed by atoms with van der Waals surface area (Å²) >= 11 is 1.46. The summed E-state index contributed by atoms with van der Waals surface area (Å²) in [5.74, 6) is 0.487. The highest BCUT2D eigenvalue weighted by molar-refractivity contribution is 7.09. The van der Waals surface area contributed by atoms with Gasteiger partial charge in [-0.05, 0) is 19.1 Å². The highest BCUT2D eigenvalue weighted by atomic mass is 32.1. The summed E-state index contributed by atoms with van der Waals surface area (Å²) in [6, 6.07) is 13.7. The molecule has 1 aromatic carbocycles. The SMILES string of the molecule is Cc1cn(-c2ccc(-c3ccccc3)nn2)/c(=N/C(=O)C(C)(C)C)s1. The molecule has 1 amide bonds. The van der Waals surface area contributed by atoms with Crippen LogP contribution in [-0.2, 0) is 4.79 Å². The minimum atomic E-state index is -0.515. The molecule has 0 aliphatic carbocycles. The summed E-state index contributed by atoms with van der Waals surface area (Å²) in [5, 5.41) is 8.63. The smallest absolute Gasteiger partial charge is 0.253 e. The highest BCUT2D eigenvalue weighted by Crippen LogP contribution is 2.17. The molecule has 3 rings (SSSR count). The van der Waals surface area contributed by atoms with Gasteiger partial charge in [0.1, 0.15) is 0 Å². The molecule has 0 unspecified atom stereocenters. The van der Waals surface area contributed by atoms with Gasteiger partial charge in [0.15, 0.2) is 10.6 Å². The van der Waals surface area contributed by atoms with Gasteiger partial charge in [0, 0.05) is 22.1 Å². The lowest BCUT2D eigenvalue weighted by atomic mass is 9.96. The van der Waals surface area contributed by atoms with Gasteiger partial charge < -0.3 is 0 Å². The molecule has 0 fully saturated rings. The lowest BCUT2D eigenvalue weighted by Crippen LogP contribution is -2.23. The quantitative estimate of drug-likeness (QED) is 0.705. The Hall–Kier alpha value is -2.60. The van der Waals surface area contributed by atoms with E-state index >= 15 is 0 Å². The number of aryl methyl sites for hydroxylation is 1. The molecule has 6 heteroatoms. The molecule has 0 aliphatic rings. The molecule has 0 saturated heterocycles. The van der Waals surface area contributed by atoms with E-state index in [0.29, 0.717) is 10.6 Å². The molecule has 2 aromatic heterocycles. The molecule has 0 atom stereocenters. The van der Waals surface area contributed by atoms with Crippen molar-refractivity contribution in [3.8, 4) is 17.1 Å². The van der Waals surface area contributed by atoms with Gasteiger partial charge in [-0.1, -0.05) is 51.1 Å². The Bertz CT molecular complexity index is 948. The minimum absolute atomic E-state index is 0.156. The van der Waals surface area contributed by atoms with E-state index in [0.717, 1.165) is 16.1 Å². The Morgan fingerprint density at radius 3 is 2.40 bits per heavy atom. The summed E-state index contributed by atoms with van der Waals surface area (Å²) in [6.07, 6.45) is 1.92. The van der Waals surface area contributed by atoms with Gasteiger partial charge in [0.25, 0.3) is 5.91 Å². The monoisotopic (exact) mass is 352 g/mol. The van der Waals surface area contributed by atoms with Gasteiger partial charge in [-0.15, -0.1) is 21.5 Å². The third-order valence-electron chi connectivity index (χ3n) is 3.57. The first kappa shape index (κ1) is 17.2. The van der Waals surface area contributed by atoms with Crippen LogP contribution in [0.25, 0.3) is 17.1 Å². The highest BCUT2D eigenvalue weighted by Gasteiger charge is 2.21. The minimum Gasteiger partial charge on any atom is -0.275 e. The van der Waals surface area contributed by atoms with Crippen LogP contribution < -0.4 is 4.80 Å². The molecule has 0 N–H and O–H groups in total. The number of hydrogen-bond donors (Lipinski definition) is 0. The van der Waals surface area contributed by atoms with Gasteiger partial charge in [0.2, 0.25) is 0 Å². The van der Waals surface area contributed by atoms with Gasteiger partial charge in [-0.2, -0.15) is 4.99 Å². The molecule has 0 spiro atoms. The average molecular weight is 352 g/mol. The van der Waals surface area contributed by atoms with E-state index in [1.54, 1.807) is 0 Å². The largest absolute Gasteiger partial charge is 0.275 e. The van der Waals surface area contributed by atoms with Crippen molar-refractivity contribution in [3.05, 3.63) is 58.3 Å². The van der Waals surface area contributed by atoms with Crippen molar-refractivity contribution in [2.24, 2.45) is 10.4 Å². The number of rotatable bonds is 2. The second-order valence-electron chi connectivity index (χ2n) is 6.80. The molecule has 128 valence electrons. The first-order valence-electron chi connectivity index (χ1n) is 8.02. The number of aromatic nitrogens is 3. The van der Waals surface area contributed by atoms with Crippen LogP contribution in [-0.4, -0.2) is 20.7 Å². The van der Waals surface area contributed by atoms with Crippen molar-refractivity contribution in [2.75, 3.05) is 0 Å². The Morgan fingerprint density at radius 2 is 1.80 bits per heavy atom. The Kier molecular flexibility index (Phi) is 4.63. The number of amides is 1. The first-order valence-corrected chi connectivity index (χ1v) is 8.84. The maximum atomic E-state index is 12.3. The van der Waals surface area contributed by atoms with Crippen molar-refractivity contribution in [1.29, 1.82) is 0 Å². The predicted molar refractivity (Wildman–Crippen MR) is 99.4 cm³/mol. The van der Waals surface area contributed by atoms with Crippen LogP contribution >= 0.6 is 11.3 Å². The van der Waals surface area contributed by atoms with Crippen LogP contribution in [0.5, 0.6) is 0 Å². The Balaban J connectivity index is 2.01. The third-order valence-corrected chi connectivity index (χ3v) is 4.47. The molecule has 25 heavy (non-hydrogen) atoms. The van der Waals surface area contributed by atoms with Crippen LogP contribution in [0.3, 0.4) is 0 Å². The average Bonchev–Trinajstić information content (AvgIpc) is 2.95. The lowest BCUT2D eigenvalue weighted by Gasteiger charge is -2.11. The second-order valence-corrected chi connectivity index (χ2v) is 8.02. The van der Waals surface area contributed by atoms with E-state index in [1.165, 1.54) is 11.3 Å². The van der Waals surface area contributed by atoms with Crippen molar-refractivity contribution in [3.63, 3.8) is 0 Å². The maximum absolute atomic E-state index is 12.3. The number of carbonyl (C=O) groups is 1. The van der Waals surface area contributed by atoms with Crippen LogP contribution in [0.4, 0.5) is 0 Å². The zero-order valence-electron chi connectivity index (χ0n) is 14.7. The molecule has 0 aliphatic heterocycles. The Labute approximate surface area is 150 Å². The Morgan fingerprint density at radius 1 is 1.08 bits per heavy atom. The van der Waals surface area contributed by atoms with Crippen molar-refractivity contribution >= 4 is 17.2 Å². The molecule has 0 saturated carbocycles. The van der Waals surface area contributed by atoms with Crippen molar-refractivity contribution in [1.82, 2.24) is 14.8 Å². The molecular formula is C19H20N4OS. The fourth-order valence-electron chi connectivity index (χ4n) is 2.17. The summed E-state index contributed by atoms with van der Waals surface area (Å²) in [5.41, 5.74) is 1.31. The van der Waals surface area contributed by atoms with E-state index in [2.05, 4.69) is 15.2 Å². The third kappa shape index (κ3) is 3.91. The number of hydrogen-bond acceptors (Lipinski definition) is 4. The second kappa shape index (κ2) is 6.72. The van der Waals surface area contributed by atoms with Gasteiger partial charge in [-0.3, -0.25) is 9.36 Å². The normalized spacial score (nSPS) is 12.4. The van der Waals surface area contributed by atoms with Crippen LogP contribution in [0, 0.1) is 12.3 Å². The van der Waals surface area contributed by atoms with Crippen molar-refractivity contribution < 1.29 is 4.79 Å². The topological polar surface area (TPSA) is 60.1 Å². The maximum Gasteiger partial charge on any atom is 0.253 e. The number of benzene rings is 1. The summed E-state index contributed by atoms with van der Waals surface area (Å²) in [4.78, 5) is 18.2. The molecular weight excluding hydrogens is 332 g/mol. The van der Waals surface area contributed by atoms with E-state index in [4.69, 9.17) is 0 Å². The summed E-state index contributed by atoms with van der Waals surface area (Å²) in [7, 11) is 0. The zero-order valence-corrected chi connectivity index (χ0v) is 15.5. The molecule has 5 nitrogen and oxygen atoms in total. The van der Waals surface area contributed by atoms with E-state index in [9.17, 15) is 4.79 Å². The van der Waals surface area contributed by atoms with Gasteiger partial charge in [-0.25, -0.2) is 0 Å². The summed E-state index contributed by atoms with van der Waals surface area (Å²) in [6.45, 7) is 7.56. The predicted octanol–water partition coefficient (Wildman–Crippen LogP) is 3.78. The van der Waals surface area contributed by atoms with E-state index in [1.807, 2.05) is 80.9 Å². The fourth-order valence-corrected chi connectivity index (χ4v) is 2.99. The number of nitrogens with zero attached hydrogens (tertiary/aromatic N) is 4. The lowest BCUT2D eigenvalue weighted by molar-refractivity contribution is -0.125. The standard InChI is InChI=1S/C19H20N4OS/c1-13-12-23(18(25-13)20-17(24)19(2,3)4)16-11-10-15(21-22-16)14-8-6-5-7-9-14/h5-12H,1-4H3/b20-18-. The van der Waals surface area contributed by atoms with E-state index < -0.39 is 5.41 Å². The molecule has 3 aromatic rings. The molecule has 0 bridgehead atoms. The van der Waals surface area contributed by atoms with Crippen LogP contribution in [0.1, 0.15) is 25.6 Å². The van der Waals surface area contributed by atoms with E-state index in [-0.39, 0.29) is 5.91 Å². The number of thiazole rings is 1. The van der Waals surface area contributed by atoms with Crippen LogP contribution in [0.2, 0.25) is 0 Å². The van der Waals surface area contributed by atoms with Gasteiger partial charge >= 0.3 is 0 Å². The van der Waals surface area contributed by atoms with Crippen LogP contribution in [0.15, 0.2) is 53.7 Å². The fraction of sp³-hybridized carbons (Fsp3) is 0.263. The van der Waals surface area contributed by atoms with Gasteiger partial charge in [0.05, 0.1) is 5.69 Å². The molecule has 2 heterocycles. The summed E-state index contributed by atoms with van der Waals surface area (Å²) < 4.78 is 1.81. The zero-order chi connectivity index (χ0) is 18.0.